The molecule has 0 radical (unpaired) electrons. The Labute approximate surface area is 73.3 Å². The van der Waals surface area contributed by atoms with Crippen molar-refractivity contribution < 1.29 is 9.59 Å². The molecule has 0 saturated heterocycles. The zero-order valence-electron chi connectivity index (χ0n) is 5.95. The van der Waals surface area contributed by atoms with Crippen molar-refractivity contribution in [2.45, 2.75) is 0 Å². The second-order valence-corrected chi connectivity index (χ2v) is 2.40. The topological polar surface area (TPSA) is 73.1 Å². The molecule has 1 amide bonds. The fourth-order valence-corrected chi connectivity index (χ4v) is 0.977. The molecule has 0 atom stereocenters. The first kappa shape index (κ1) is 8.67. The molecule has 1 aromatic heterocycles. The monoisotopic (exact) mass is 184 g/mol. The Bertz CT molecular complexity index is 338. The number of amides is 1. The van der Waals surface area contributed by atoms with Crippen molar-refractivity contribution in [2.75, 3.05) is 0 Å². The van der Waals surface area contributed by atoms with E-state index in [0.717, 1.165) is 0 Å². The average molecular weight is 185 g/mol. The van der Waals surface area contributed by atoms with Crippen LogP contribution in [0.2, 0.25) is 5.15 Å². The van der Waals surface area contributed by atoms with Crippen LogP contribution in [-0.2, 0) is 0 Å². The summed E-state index contributed by atoms with van der Waals surface area (Å²) in [5.41, 5.74) is 5.10. The predicted molar refractivity (Wildman–Crippen MR) is 43.2 cm³/mol. The first-order valence-electron chi connectivity index (χ1n) is 3.06. The van der Waals surface area contributed by atoms with Crippen LogP contribution >= 0.6 is 11.6 Å². The van der Waals surface area contributed by atoms with Gasteiger partial charge < -0.3 is 5.73 Å². The summed E-state index contributed by atoms with van der Waals surface area (Å²) in [5.74, 6) is -0.693. The molecule has 1 rings (SSSR count). The number of halogens is 1. The van der Waals surface area contributed by atoms with E-state index >= 15 is 0 Å². The Kier molecular flexibility index (Phi) is 2.40. The van der Waals surface area contributed by atoms with Crippen LogP contribution in [0.4, 0.5) is 0 Å². The highest BCUT2D eigenvalue weighted by molar-refractivity contribution is 6.32. The van der Waals surface area contributed by atoms with Crippen LogP contribution in [0.25, 0.3) is 0 Å². The molecule has 4 nitrogen and oxygen atoms in total. The number of nitrogens with two attached hydrogens (primary N) is 1. The van der Waals surface area contributed by atoms with E-state index in [-0.39, 0.29) is 16.3 Å². The molecule has 0 fully saturated rings. The summed E-state index contributed by atoms with van der Waals surface area (Å²) < 4.78 is 0. The number of rotatable bonds is 2. The maximum Gasteiger partial charge on any atom is 0.249 e. The van der Waals surface area contributed by atoms with Crippen LogP contribution in [-0.4, -0.2) is 17.2 Å². The van der Waals surface area contributed by atoms with E-state index in [9.17, 15) is 9.59 Å². The Morgan fingerprint density at radius 2 is 2.33 bits per heavy atom. The van der Waals surface area contributed by atoms with Gasteiger partial charge >= 0.3 is 0 Å². The molecule has 2 N–H and O–H groups in total. The van der Waals surface area contributed by atoms with Gasteiger partial charge in [0.25, 0.3) is 0 Å². The van der Waals surface area contributed by atoms with Gasteiger partial charge in [0.15, 0.2) is 6.29 Å². The number of primary amides is 1. The summed E-state index contributed by atoms with van der Waals surface area (Å²) in [6, 6.07) is 1.35. The first-order chi connectivity index (χ1) is 5.66. The molecular weight excluding hydrogens is 180 g/mol. The summed E-state index contributed by atoms with van der Waals surface area (Å²) in [4.78, 5) is 24.7. The van der Waals surface area contributed by atoms with E-state index in [1.54, 1.807) is 0 Å². The third kappa shape index (κ3) is 1.43. The predicted octanol–water partition coefficient (Wildman–Crippen LogP) is 0.646. The lowest BCUT2D eigenvalue weighted by atomic mass is 10.1. The highest BCUT2D eigenvalue weighted by Crippen LogP contribution is 2.14. The smallest absolute Gasteiger partial charge is 0.249 e. The summed E-state index contributed by atoms with van der Waals surface area (Å²) in [5, 5.41) is -0.0127. The minimum atomic E-state index is -0.693. The molecule has 0 aromatic carbocycles. The molecule has 12 heavy (non-hydrogen) atoms. The third-order valence-corrected chi connectivity index (χ3v) is 1.63. The van der Waals surface area contributed by atoms with Gasteiger partial charge in [0.05, 0.1) is 11.1 Å². The molecule has 0 saturated carbocycles. The van der Waals surface area contributed by atoms with Gasteiger partial charge in [0.1, 0.15) is 5.15 Å². The van der Waals surface area contributed by atoms with Gasteiger partial charge in [-0.2, -0.15) is 0 Å². The highest BCUT2D eigenvalue weighted by Gasteiger charge is 2.10. The number of pyridine rings is 1. The molecule has 62 valence electrons. The van der Waals surface area contributed by atoms with Crippen LogP contribution in [0.5, 0.6) is 0 Å². The van der Waals surface area contributed by atoms with Gasteiger partial charge in [0.2, 0.25) is 5.91 Å². The minimum Gasteiger partial charge on any atom is -0.366 e. The van der Waals surface area contributed by atoms with Crippen LogP contribution in [0, 0.1) is 0 Å². The Morgan fingerprint density at radius 3 is 2.75 bits per heavy atom. The molecule has 0 aliphatic carbocycles. The van der Waals surface area contributed by atoms with E-state index in [1.165, 1.54) is 12.3 Å². The van der Waals surface area contributed by atoms with E-state index in [2.05, 4.69) is 4.98 Å². The molecular formula is C7H5ClN2O2. The maximum atomic E-state index is 10.7. The summed E-state index contributed by atoms with van der Waals surface area (Å²) in [7, 11) is 0. The number of hydrogen-bond acceptors (Lipinski definition) is 3. The van der Waals surface area contributed by atoms with Crippen LogP contribution in [0.1, 0.15) is 20.7 Å². The van der Waals surface area contributed by atoms with Gasteiger partial charge in [-0.15, -0.1) is 0 Å². The summed E-state index contributed by atoms with van der Waals surface area (Å²) >= 11 is 5.52. The molecule has 0 spiro atoms. The van der Waals surface area contributed by atoms with Crippen molar-refractivity contribution in [1.29, 1.82) is 0 Å². The maximum absolute atomic E-state index is 10.7. The molecule has 1 aromatic rings. The van der Waals surface area contributed by atoms with Gasteiger partial charge in [0, 0.05) is 6.20 Å². The largest absolute Gasteiger partial charge is 0.366 e. The Balaban J connectivity index is 3.37. The Morgan fingerprint density at radius 1 is 1.67 bits per heavy atom. The molecule has 0 unspecified atom stereocenters. The fraction of sp³-hybridized carbons (Fsp3) is 0. The first-order valence-corrected chi connectivity index (χ1v) is 3.44. The minimum absolute atomic E-state index is 0.0127. The van der Waals surface area contributed by atoms with Crippen LogP contribution in [0.15, 0.2) is 12.3 Å². The van der Waals surface area contributed by atoms with Crippen molar-refractivity contribution in [3.05, 3.63) is 28.5 Å². The zero-order valence-corrected chi connectivity index (χ0v) is 6.71. The second kappa shape index (κ2) is 3.32. The lowest BCUT2D eigenvalue weighted by Crippen LogP contribution is -2.14. The summed E-state index contributed by atoms with van der Waals surface area (Å²) in [6.07, 6.45) is 1.77. The van der Waals surface area contributed by atoms with Gasteiger partial charge in [-0.3, -0.25) is 9.59 Å². The van der Waals surface area contributed by atoms with Crippen LogP contribution in [0.3, 0.4) is 0 Å². The number of hydrogen-bond donors (Lipinski definition) is 1. The van der Waals surface area contributed by atoms with E-state index in [1.807, 2.05) is 0 Å². The third-order valence-electron chi connectivity index (χ3n) is 1.32. The quantitative estimate of drug-likeness (QED) is 0.542. The SMILES string of the molecule is NC(=O)c1ccnc(Cl)c1C=O. The molecule has 1 heterocycles. The van der Waals surface area contributed by atoms with Gasteiger partial charge in [-0.25, -0.2) is 4.98 Å². The number of aldehydes is 1. The van der Waals surface area contributed by atoms with Gasteiger partial charge in [-0.05, 0) is 6.07 Å². The second-order valence-electron chi connectivity index (χ2n) is 2.05. The molecule has 5 heteroatoms. The number of carbonyl (C=O) groups excluding carboxylic acids is 2. The number of carbonyl (C=O) groups is 2. The van der Waals surface area contributed by atoms with Crippen molar-refractivity contribution >= 4 is 23.8 Å². The fourth-order valence-electron chi connectivity index (χ4n) is 0.775. The van der Waals surface area contributed by atoms with Crippen molar-refractivity contribution in [3.63, 3.8) is 0 Å². The standard InChI is InChI=1S/C7H5ClN2O2/c8-6-5(3-11)4(7(9)12)1-2-10-6/h1-3H,(H2,9,12). The molecule has 0 aliphatic rings. The average Bonchev–Trinajstić information content (AvgIpc) is 2.03. The number of aromatic nitrogens is 1. The molecule has 0 bridgehead atoms. The van der Waals surface area contributed by atoms with Crippen molar-refractivity contribution in [3.8, 4) is 0 Å². The lowest BCUT2D eigenvalue weighted by Gasteiger charge is -1.99. The molecule has 0 aliphatic heterocycles. The number of nitrogens with zero attached hydrogens (tertiary/aromatic N) is 1. The van der Waals surface area contributed by atoms with Crippen LogP contribution < -0.4 is 5.73 Å². The Hall–Kier alpha value is -1.42. The van der Waals surface area contributed by atoms with Crippen molar-refractivity contribution in [2.24, 2.45) is 5.73 Å². The zero-order chi connectivity index (χ0) is 9.14. The van der Waals surface area contributed by atoms with Gasteiger partial charge in [-0.1, -0.05) is 11.6 Å². The van der Waals surface area contributed by atoms with Crippen molar-refractivity contribution in [1.82, 2.24) is 4.98 Å². The normalized spacial score (nSPS) is 9.42. The van der Waals surface area contributed by atoms with E-state index in [0.29, 0.717) is 6.29 Å². The van der Waals surface area contributed by atoms with E-state index in [4.69, 9.17) is 17.3 Å². The lowest BCUT2D eigenvalue weighted by molar-refractivity contribution is 0.0993. The summed E-state index contributed by atoms with van der Waals surface area (Å²) in [6.45, 7) is 0. The van der Waals surface area contributed by atoms with E-state index < -0.39 is 5.91 Å². The highest BCUT2D eigenvalue weighted by atomic mass is 35.5.